The molecule has 1 aliphatic heterocycles. The zero-order chi connectivity index (χ0) is 92.8. The van der Waals surface area contributed by atoms with Gasteiger partial charge in [-0.15, -0.1) is 0 Å². The Morgan fingerprint density at radius 2 is 0.564 bits per heavy atom. The average Bonchev–Trinajstić information content (AvgIpc) is 0.738. The lowest BCUT2D eigenvalue weighted by Crippen LogP contribution is -2.76. The van der Waals surface area contributed by atoms with Crippen LogP contribution >= 0.6 is 22.6 Å². The van der Waals surface area contributed by atoms with Crippen LogP contribution < -0.4 is 18.9 Å². The Morgan fingerprint density at radius 1 is 0.316 bits per heavy atom. The lowest BCUT2D eigenvalue weighted by atomic mass is 10.3. The van der Waals surface area contributed by atoms with Gasteiger partial charge < -0.3 is 117 Å². The summed E-state index contributed by atoms with van der Waals surface area (Å²) in [4.78, 5) is 14.0. The first-order chi connectivity index (χ1) is 61.2. The number of sulfone groups is 4. The molecule has 8 aromatic carbocycles. The van der Waals surface area contributed by atoms with Crippen LogP contribution in [-0.4, -0.2) is 221 Å². The molecule has 0 bridgehead atoms. The molecule has 0 amide bonds. The molecule has 0 saturated carbocycles. The van der Waals surface area contributed by atoms with E-state index in [4.69, 9.17) is 91.7 Å². The van der Waals surface area contributed by atoms with Gasteiger partial charge in [0, 0.05) is 89.7 Å². The van der Waals surface area contributed by atoms with Crippen LogP contribution in [0.15, 0.2) is 233 Å². The van der Waals surface area contributed by atoms with E-state index in [0.29, 0.717) is 10.8 Å². The van der Waals surface area contributed by atoms with Crippen molar-refractivity contribution in [2.45, 2.75) is 201 Å². The van der Waals surface area contributed by atoms with Crippen LogP contribution in [0, 0.1) is 0 Å². The zero-order valence-corrected chi connectivity index (χ0v) is 86.2. The highest BCUT2D eigenvalue weighted by molar-refractivity contribution is 14.1. The first kappa shape index (κ1) is 119. The fraction of sp³-hybridized carbons (Fsp3) is 0.442. The normalized spacial score (nSPS) is 18.0. The van der Waals surface area contributed by atoms with E-state index in [1.807, 2.05) is 0 Å². The summed E-state index contributed by atoms with van der Waals surface area (Å²) in [5.74, 6) is 0.575. The van der Waals surface area contributed by atoms with E-state index in [9.17, 15) is 58.9 Å². The summed E-state index contributed by atoms with van der Waals surface area (Å²) < 4.78 is 258. The summed E-state index contributed by atoms with van der Waals surface area (Å²) in [6.07, 6.45) is 0.441. The number of ether oxygens (including phenoxy) is 4. The summed E-state index contributed by atoms with van der Waals surface area (Å²) in [7, 11) is -56.3. The van der Waals surface area contributed by atoms with E-state index >= 15 is 0 Å². The highest BCUT2D eigenvalue weighted by Crippen LogP contribution is 2.43. The Balaban J connectivity index is 0.00000740. The van der Waals surface area contributed by atoms with Crippen molar-refractivity contribution in [2.24, 2.45) is 0 Å². The molecule has 5 unspecified atom stereocenters. The molecule has 1 fully saturated rings. The first-order valence-corrected chi connectivity index (χ1v) is 63.7. The van der Waals surface area contributed by atoms with Gasteiger partial charge in [-0.25, -0.2) is 33.7 Å². The van der Waals surface area contributed by atoms with Gasteiger partial charge in [0.2, 0.25) is 39.3 Å². The van der Waals surface area contributed by atoms with Gasteiger partial charge in [-0.3, -0.25) is 0 Å². The monoisotopic (exact) mass is 2190 g/mol. The maximum absolute atomic E-state index is 14.4. The standard InChI is InChI=1S/C81H113IO34S4Si8.5CH4/c1-10-100-121-109-125(107-17-8,64-22-59-98-72-36-52-80(53-37-72)119(91,92)76-44-28-68(85)29-45-76)115-128(113-123(103-13-4,104-14-5)61-19-56-82,114-124(105-15-6,106-16-7)63-21-58-97-71-34-50-79(51-35-71)118(89,90)75-42-26-67(84)27-43-75)116-126(108-18-9,65-23-60-99-73-38-54-81(55-39-73)120(93,94)77-46-30-69(86)31-47-77)112-127(95,110-121)111-122(101-11-2,102-12-3)62-20-57-96-70-32-48-78(49-33-70)117(87,88)74-40-24-66(83)25-41-74;;;;;/h24-55,83-86,95,121H,10-23,56-65H2,1-9H3;5*1H4. The van der Waals surface area contributed by atoms with Crippen LogP contribution in [0.2, 0.25) is 30.2 Å². The minimum Gasteiger partial charge on any atom is -0.508 e. The number of benzene rings is 8. The van der Waals surface area contributed by atoms with Gasteiger partial charge in [-0.1, -0.05) is 59.7 Å². The molecule has 744 valence electrons. The van der Waals surface area contributed by atoms with Gasteiger partial charge in [-0.05, 0) is 293 Å². The lowest BCUT2D eigenvalue weighted by Gasteiger charge is -2.48. The SMILES string of the molecule is C.C.C.C.C.CCO[SiH]1O[Si](O)(O[Si](CCCOc2ccc(S(=O)(=O)c3ccc(O)cc3)cc2)(OCC)OCC)O[Si](CCCOc2ccc(S(=O)(=O)c3ccc(O)cc3)cc2)(OCC)O[Si](O[Si](CCCI)(OCC)OCC)(O[Si](CCCOc2ccc(S(=O)(=O)c3ccc(O)cc3)cc2)(OCC)OCC)O[Si](CCCOc2ccc(S(=O)(=O)c3ccc(O)cc3)cc2)(OCC)O1. The molecule has 8 aromatic rings. The third kappa shape index (κ3) is 33.5. The van der Waals surface area contributed by atoms with Gasteiger partial charge in [0.25, 0.3) is 0 Å². The Labute approximate surface area is 809 Å². The van der Waals surface area contributed by atoms with Crippen molar-refractivity contribution in [1.82, 2.24) is 0 Å². The smallest absolute Gasteiger partial charge is 0.508 e. The van der Waals surface area contributed by atoms with Crippen LogP contribution in [0.5, 0.6) is 46.0 Å². The Morgan fingerprint density at radius 3 is 0.835 bits per heavy atom. The molecule has 5 atom stereocenters. The van der Waals surface area contributed by atoms with E-state index in [-0.39, 0.29) is 264 Å². The van der Waals surface area contributed by atoms with Crippen LogP contribution in [0.3, 0.4) is 0 Å². The maximum atomic E-state index is 14.4. The maximum Gasteiger partial charge on any atom is 0.654 e. The summed E-state index contributed by atoms with van der Waals surface area (Å²) in [6.45, 7) is 13.8. The molecule has 34 nitrogen and oxygen atoms in total. The quantitative estimate of drug-likeness (QED) is 0.0102. The predicted molar refractivity (Wildman–Crippen MR) is 525 cm³/mol. The third-order valence-electron chi connectivity index (χ3n) is 18.8. The zero-order valence-electron chi connectivity index (χ0n) is 72.6. The fourth-order valence-corrected chi connectivity index (χ4v) is 51.5. The average molecular weight is 2190 g/mol. The highest BCUT2D eigenvalue weighted by atomic mass is 127. The molecular formula is C86H133IO34S4Si8. The molecule has 1 saturated heterocycles. The summed E-state index contributed by atoms with van der Waals surface area (Å²) >= 11 is 2.23. The van der Waals surface area contributed by atoms with E-state index < -0.39 is 111 Å². The molecule has 0 spiro atoms. The Bertz CT molecular complexity index is 5190. The number of hydrogen-bond donors (Lipinski definition) is 5. The van der Waals surface area contributed by atoms with E-state index in [0.717, 1.165) is 0 Å². The summed E-state index contributed by atoms with van der Waals surface area (Å²) in [6, 6.07) is 42.7. The van der Waals surface area contributed by atoms with Crippen LogP contribution in [-0.2, 0) is 112 Å². The van der Waals surface area contributed by atoms with Crippen molar-refractivity contribution in [2.75, 3.05) is 90.3 Å². The molecule has 47 heteroatoms. The number of rotatable bonds is 55. The Kier molecular flexibility index (Phi) is 49.6. The molecule has 1 aliphatic rings. The predicted octanol–water partition coefficient (Wildman–Crippen LogP) is 16.8. The molecule has 9 rings (SSSR count). The number of phenols is 4. The molecule has 0 radical (unpaired) electrons. The van der Waals surface area contributed by atoms with Crippen molar-refractivity contribution >= 4 is 134 Å². The van der Waals surface area contributed by atoms with Crippen molar-refractivity contribution < 1.29 is 151 Å². The third-order valence-corrected chi connectivity index (χ3v) is 55.6. The molecule has 5 N–H and O–H groups in total. The molecule has 0 aliphatic carbocycles. The molecule has 1 heterocycles. The summed E-state index contributed by atoms with van der Waals surface area (Å²) in [5.41, 5.74) is 0. The topological polar surface area (TPSA) is 432 Å². The number of aromatic hydroxyl groups is 4. The van der Waals surface area contributed by atoms with Crippen LogP contribution in [0.4, 0.5) is 0 Å². The Hall–Kier alpha value is -6.29. The largest absolute Gasteiger partial charge is 0.654 e. The van der Waals surface area contributed by atoms with Gasteiger partial charge in [0.05, 0.1) is 65.6 Å². The molecule has 0 aromatic heterocycles. The number of phenolic OH excluding ortho intramolecular Hbond substituents is 4. The van der Waals surface area contributed by atoms with Crippen molar-refractivity contribution in [3.63, 3.8) is 0 Å². The van der Waals surface area contributed by atoms with Crippen LogP contribution in [0.25, 0.3) is 0 Å². The molecule has 133 heavy (non-hydrogen) atoms. The van der Waals surface area contributed by atoms with Gasteiger partial charge in [0.15, 0.2) is 0 Å². The second-order valence-electron chi connectivity index (χ2n) is 28.0. The van der Waals surface area contributed by atoms with Gasteiger partial charge >= 0.3 is 71.6 Å². The van der Waals surface area contributed by atoms with E-state index in [2.05, 4.69) is 22.6 Å². The highest BCUT2D eigenvalue weighted by Gasteiger charge is 2.73. The molecular weight excluding hydrogens is 2060 g/mol. The number of alkyl halides is 1. The second-order valence-corrected chi connectivity index (χ2v) is 58.2. The van der Waals surface area contributed by atoms with Crippen LogP contribution in [0.1, 0.15) is 132 Å². The first-order valence-electron chi connectivity index (χ1n) is 41.8. The van der Waals surface area contributed by atoms with E-state index in [1.54, 1.807) is 62.3 Å². The van der Waals surface area contributed by atoms with Gasteiger partial charge in [0.1, 0.15) is 46.0 Å². The van der Waals surface area contributed by atoms with Gasteiger partial charge in [-0.2, -0.15) is 0 Å². The van der Waals surface area contributed by atoms with Crippen molar-refractivity contribution in [3.05, 3.63) is 194 Å². The number of hydrogen-bond acceptors (Lipinski definition) is 34. The van der Waals surface area contributed by atoms with Crippen molar-refractivity contribution in [1.29, 1.82) is 0 Å². The van der Waals surface area contributed by atoms with E-state index in [1.165, 1.54) is 194 Å². The van der Waals surface area contributed by atoms with Crippen molar-refractivity contribution in [3.8, 4) is 46.0 Å². The minimum atomic E-state index is -5.90. The second kappa shape index (κ2) is 55.5. The lowest BCUT2D eigenvalue weighted by molar-refractivity contribution is -0.0278. The summed E-state index contributed by atoms with van der Waals surface area (Å²) in [5, 5.41) is 39.8. The number of halogens is 1. The fourth-order valence-electron chi connectivity index (χ4n) is 13.1. The minimum absolute atomic E-state index is 0.